The topological polar surface area (TPSA) is 74.7 Å². The van der Waals surface area contributed by atoms with Crippen LogP contribution < -0.4 is 0 Å². The van der Waals surface area contributed by atoms with Crippen molar-refractivity contribution in [3.63, 3.8) is 0 Å². The van der Waals surface area contributed by atoms with Crippen LogP contribution in [0.5, 0.6) is 0 Å². The molecular weight excluding hydrogens is 304 g/mol. The number of carbonyl (C=O) groups is 1. The van der Waals surface area contributed by atoms with E-state index in [4.69, 9.17) is 5.11 Å². The number of rotatable bonds is 4. The number of carboxylic acids is 1. The van der Waals surface area contributed by atoms with Crippen LogP contribution in [0, 0.1) is 11.6 Å². The fourth-order valence-electron chi connectivity index (χ4n) is 2.46. The highest BCUT2D eigenvalue weighted by molar-refractivity contribution is 7.91. The highest BCUT2D eigenvalue weighted by atomic mass is 32.2. The quantitative estimate of drug-likeness (QED) is 0.897. The molecule has 1 atom stereocenters. The molecule has 1 aliphatic heterocycles. The van der Waals surface area contributed by atoms with E-state index in [1.165, 1.54) is 0 Å². The molecule has 0 amide bonds. The zero-order valence-electron chi connectivity index (χ0n) is 11.1. The molecule has 0 aliphatic carbocycles. The lowest BCUT2D eigenvalue weighted by molar-refractivity contribution is -0.138. The molecule has 0 saturated carbocycles. The summed E-state index contributed by atoms with van der Waals surface area (Å²) in [5, 5.41) is 8.87. The van der Waals surface area contributed by atoms with E-state index in [1.54, 1.807) is 4.90 Å². The van der Waals surface area contributed by atoms with E-state index >= 15 is 0 Å². The third-order valence-electron chi connectivity index (χ3n) is 3.37. The van der Waals surface area contributed by atoms with Crippen molar-refractivity contribution in [2.24, 2.45) is 0 Å². The summed E-state index contributed by atoms with van der Waals surface area (Å²) in [4.78, 5) is 12.5. The monoisotopic (exact) mass is 319 g/mol. The van der Waals surface area contributed by atoms with E-state index in [2.05, 4.69) is 0 Å². The van der Waals surface area contributed by atoms with E-state index in [0.717, 1.165) is 18.2 Å². The second-order valence-electron chi connectivity index (χ2n) is 5.11. The first-order valence-corrected chi connectivity index (χ1v) is 8.18. The van der Waals surface area contributed by atoms with Crippen molar-refractivity contribution < 1.29 is 27.1 Å². The molecule has 0 aromatic heterocycles. The summed E-state index contributed by atoms with van der Waals surface area (Å²) < 4.78 is 49.5. The summed E-state index contributed by atoms with van der Waals surface area (Å²) >= 11 is 0. The number of carboxylic acid groups (broad SMARTS) is 1. The van der Waals surface area contributed by atoms with Crippen LogP contribution in [-0.4, -0.2) is 48.5 Å². The molecule has 1 saturated heterocycles. The Balaban J connectivity index is 2.17. The zero-order valence-corrected chi connectivity index (χ0v) is 11.9. The molecule has 0 spiro atoms. The van der Waals surface area contributed by atoms with Gasteiger partial charge in [-0.25, -0.2) is 17.2 Å². The van der Waals surface area contributed by atoms with Gasteiger partial charge in [0.15, 0.2) is 9.84 Å². The Morgan fingerprint density at radius 1 is 1.29 bits per heavy atom. The van der Waals surface area contributed by atoms with E-state index in [-0.39, 0.29) is 31.0 Å². The minimum absolute atomic E-state index is 0.0824. The summed E-state index contributed by atoms with van der Waals surface area (Å²) in [6.45, 7) is 0.264. The Morgan fingerprint density at radius 2 is 1.90 bits per heavy atom. The largest absolute Gasteiger partial charge is 0.481 e. The number of sulfone groups is 1. The number of hydrogen-bond acceptors (Lipinski definition) is 4. The van der Waals surface area contributed by atoms with E-state index in [0.29, 0.717) is 5.56 Å². The van der Waals surface area contributed by atoms with Crippen molar-refractivity contribution in [2.45, 2.75) is 19.0 Å². The van der Waals surface area contributed by atoms with Gasteiger partial charge in [0.25, 0.3) is 0 Å². The van der Waals surface area contributed by atoms with Gasteiger partial charge in [-0.15, -0.1) is 0 Å². The van der Waals surface area contributed by atoms with Gasteiger partial charge in [-0.3, -0.25) is 9.69 Å². The second-order valence-corrected chi connectivity index (χ2v) is 7.34. The maximum Gasteiger partial charge on any atom is 0.304 e. The molecule has 0 radical (unpaired) electrons. The Labute approximate surface area is 121 Å². The minimum Gasteiger partial charge on any atom is -0.481 e. The predicted molar refractivity (Wildman–Crippen MR) is 71.5 cm³/mol. The van der Waals surface area contributed by atoms with Gasteiger partial charge in [0, 0.05) is 25.2 Å². The Bertz CT molecular complexity index is 627. The van der Waals surface area contributed by atoms with Crippen LogP contribution >= 0.6 is 0 Å². The molecule has 116 valence electrons. The molecule has 1 fully saturated rings. The molecule has 1 N–H and O–H groups in total. The molecular formula is C13H15F2NO4S. The highest BCUT2D eigenvalue weighted by Gasteiger charge is 2.32. The molecule has 1 unspecified atom stereocenters. The van der Waals surface area contributed by atoms with E-state index in [9.17, 15) is 22.0 Å². The molecule has 1 aromatic rings. The SMILES string of the molecule is O=C(O)CC1CS(=O)(=O)CCN1Cc1cc(F)cc(F)c1. The Kier molecular flexibility index (Phi) is 4.58. The van der Waals surface area contributed by atoms with Gasteiger partial charge in [0.2, 0.25) is 0 Å². The van der Waals surface area contributed by atoms with Crippen molar-refractivity contribution in [2.75, 3.05) is 18.1 Å². The standard InChI is InChI=1S/C13H15F2NO4S/c14-10-3-9(4-11(15)5-10)7-16-1-2-21(19,20)8-12(16)6-13(17)18/h3-5,12H,1-2,6-8H2,(H,17,18). The average molecular weight is 319 g/mol. The van der Waals surface area contributed by atoms with E-state index < -0.39 is 33.5 Å². The van der Waals surface area contributed by atoms with Crippen molar-refractivity contribution in [3.8, 4) is 0 Å². The van der Waals surface area contributed by atoms with Gasteiger partial charge >= 0.3 is 5.97 Å². The van der Waals surface area contributed by atoms with Crippen LogP contribution in [0.4, 0.5) is 8.78 Å². The van der Waals surface area contributed by atoms with Gasteiger partial charge < -0.3 is 5.11 Å². The molecule has 0 bridgehead atoms. The zero-order chi connectivity index (χ0) is 15.6. The van der Waals surface area contributed by atoms with Crippen molar-refractivity contribution in [3.05, 3.63) is 35.4 Å². The number of halogens is 2. The van der Waals surface area contributed by atoms with Gasteiger partial charge in [-0.05, 0) is 17.7 Å². The Hall–Kier alpha value is -1.54. The molecule has 5 nitrogen and oxygen atoms in total. The van der Waals surface area contributed by atoms with Crippen molar-refractivity contribution >= 4 is 15.8 Å². The van der Waals surface area contributed by atoms with Crippen molar-refractivity contribution in [1.29, 1.82) is 0 Å². The van der Waals surface area contributed by atoms with Gasteiger partial charge in [0.1, 0.15) is 11.6 Å². The summed E-state index contributed by atoms with van der Waals surface area (Å²) in [6.07, 6.45) is -0.322. The molecule has 1 heterocycles. The number of benzene rings is 1. The maximum atomic E-state index is 13.2. The van der Waals surface area contributed by atoms with Crippen molar-refractivity contribution in [1.82, 2.24) is 4.90 Å². The predicted octanol–water partition coefficient (Wildman–Crippen LogP) is 1.04. The molecule has 2 rings (SSSR count). The molecule has 8 heteroatoms. The van der Waals surface area contributed by atoms with Crippen LogP contribution in [0.15, 0.2) is 18.2 Å². The number of nitrogens with zero attached hydrogens (tertiary/aromatic N) is 1. The lowest BCUT2D eigenvalue weighted by Gasteiger charge is -2.34. The minimum atomic E-state index is -3.27. The maximum absolute atomic E-state index is 13.2. The lowest BCUT2D eigenvalue weighted by atomic mass is 10.1. The summed E-state index contributed by atoms with van der Waals surface area (Å²) in [5.41, 5.74) is 0.349. The van der Waals surface area contributed by atoms with E-state index in [1.807, 2.05) is 0 Å². The lowest BCUT2D eigenvalue weighted by Crippen LogP contribution is -2.48. The Morgan fingerprint density at radius 3 is 2.48 bits per heavy atom. The van der Waals surface area contributed by atoms with Crippen LogP contribution in [0.3, 0.4) is 0 Å². The molecule has 21 heavy (non-hydrogen) atoms. The molecule has 1 aromatic carbocycles. The van der Waals surface area contributed by atoms with Gasteiger partial charge in [-0.1, -0.05) is 0 Å². The first-order chi connectivity index (χ1) is 9.75. The summed E-state index contributed by atoms with van der Waals surface area (Å²) in [5.74, 6) is -2.88. The average Bonchev–Trinajstić information content (AvgIpc) is 2.30. The fraction of sp³-hybridized carbons (Fsp3) is 0.462. The van der Waals surface area contributed by atoms with Gasteiger partial charge in [-0.2, -0.15) is 0 Å². The summed E-state index contributed by atoms with van der Waals surface area (Å²) in [7, 11) is -3.27. The fourth-order valence-corrected chi connectivity index (χ4v) is 4.05. The van der Waals surface area contributed by atoms with Gasteiger partial charge in [0.05, 0.1) is 17.9 Å². The third kappa shape index (κ3) is 4.47. The van der Waals surface area contributed by atoms with Crippen LogP contribution in [0.2, 0.25) is 0 Å². The van der Waals surface area contributed by atoms with Crippen LogP contribution in [-0.2, 0) is 21.2 Å². The number of hydrogen-bond donors (Lipinski definition) is 1. The molecule has 1 aliphatic rings. The first kappa shape index (κ1) is 15.8. The van der Waals surface area contributed by atoms with Crippen LogP contribution in [0.1, 0.15) is 12.0 Å². The first-order valence-electron chi connectivity index (χ1n) is 6.36. The smallest absolute Gasteiger partial charge is 0.304 e. The normalized spacial score (nSPS) is 22.1. The number of aliphatic carboxylic acids is 1. The second kappa shape index (κ2) is 6.07. The van der Waals surface area contributed by atoms with Crippen LogP contribution in [0.25, 0.3) is 0 Å². The summed E-state index contributed by atoms with van der Waals surface area (Å²) in [6, 6.07) is 2.37. The third-order valence-corrected chi connectivity index (χ3v) is 5.07. The highest BCUT2D eigenvalue weighted by Crippen LogP contribution is 2.19.